The van der Waals surface area contributed by atoms with Gasteiger partial charge in [0.15, 0.2) is 0 Å². The van der Waals surface area contributed by atoms with Crippen molar-refractivity contribution in [2.45, 2.75) is 58.5 Å². The quantitative estimate of drug-likeness (QED) is 0.632. The Hall–Kier alpha value is -3.00. The molecular weight excluding hydrogens is 412 g/mol. The molecule has 4 rings (SSSR count). The number of nitrogens with one attached hydrogen (secondary N) is 2. The van der Waals surface area contributed by atoms with Crippen molar-refractivity contribution >= 4 is 33.5 Å². The van der Waals surface area contributed by atoms with Gasteiger partial charge in [0.25, 0.3) is 5.56 Å². The van der Waals surface area contributed by atoms with Crippen LogP contribution in [0, 0.1) is 13.8 Å². The number of amides is 3. The van der Waals surface area contributed by atoms with Crippen molar-refractivity contribution in [2.24, 2.45) is 0 Å². The molecule has 31 heavy (non-hydrogen) atoms. The number of hydrogen-bond acceptors (Lipinski definition) is 5. The van der Waals surface area contributed by atoms with Gasteiger partial charge >= 0.3 is 6.03 Å². The van der Waals surface area contributed by atoms with Crippen molar-refractivity contribution < 1.29 is 9.59 Å². The maximum absolute atomic E-state index is 13.1. The molecule has 0 unspecified atom stereocenters. The summed E-state index contributed by atoms with van der Waals surface area (Å²) in [7, 11) is 0. The van der Waals surface area contributed by atoms with Crippen LogP contribution in [0.25, 0.3) is 21.3 Å². The highest BCUT2D eigenvalue weighted by atomic mass is 32.1. The summed E-state index contributed by atoms with van der Waals surface area (Å²) in [6, 6.07) is 5.81. The zero-order valence-electron chi connectivity index (χ0n) is 17.7. The van der Waals surface area contributed by atoms with Gasteiger partial charge in [0, 0.05) is 30.0 Å². The van der Waals surface area contributed by atoms with Crippen molar-refractivity contribution in [3.05, 3.63) is 51.4 Å². The minimum Gasteiger partial charge on any atom is -0.335 e. The van der Waals surface area contributed by atoms with Crippen molar-refractivity contribution in [2.75, 3.05) is 0 Å². The summed E-state index contributed by atoms with van der Waals surface area (Å²) in [4.78, 5) is 42.3. The molecule has 0 radical (unpaired) electrons. The summed E-state index contributed by atoms with van der Waals surface area (Å²) in [6.45, 7) is 4.26. The molecule has 2 aromatic heterocycles. The molecule has 0 aliphatic heterocycles. The van der Waals surface area contributed by atoms with Crippen LogP contribution < -0.4 is 16.2 Å². The number of aryl methyl sites for hydroxylation is 3. The summed E-state index contributed by atoms with van der Waals surface area (Å²) in [5.74, 6) is -0.415. The Labute approximate surface area is 184 Å². The first-order valence-corrected chi connectivity index (χ1v) is 11.4. The molecule has 7 nitrogen and oxygen atoms in total. The van der Waals surface area contributed by atoms with Gasteiger partial charge in [0.05, 0.1) is 11.7 Å². The summed E-state index contributed by atoms with van der Waals surface area (Å²) >= 11 is 1.43. The highest BCUT2D eigenvalue weighted by molar-refractivity contribution is 7.17. The van der Waals surface area contributed by atoms with Crippen LogP contribution >= 0.6 is 11.3 Å². The molecule has 1 aromatic carbocycles. The summed E-state index contributed by atoms with van der Waals surface area (Å²) in [6.07, 6.45) is 5.60. The molecule has 2 N–H and O–H groups in total. The van der Waals surface area contributed by atoms with E-state index in [2.05, 4.69) is 28.6 Å². The molecule has 0 bridgehead atoms. The lowest BCUT2D eigenvalue weighted by Gasteiger charge is -2.12. The molecule has 1 saturated carbocycles. The second kappa shape index (κ2) is 9.01. The molecule has 1 fully saturated rings. The molecule has 0 spiro atoms. The molecule has 0 saturated heterocycles. The minimum atomic E-state index is -0.465. The van der Waals surface area contributed by atoms with Gasteiger partial charge in [-0.2, -0.15) is 0 Å². The van der Waals surface area contributed by atoms with Gasteiger partial charge in [0.2, 0.25) is 5.91 Å². The fourth-order valence-corrected chi connectivity index (χ4v) is 4.86. The van der Waals surface area contributed by atoms with E-state index in [0.29, 0.717) is 10.2 Å². The van der Waals surface area contributed by atoms with E-state index >= 15 is 0 Å². The monoisotopic (exact) mass is 438 g/mol. The van der Waals surface area contributed by atoms with E-state index in [0.717, 1.165) is 42.4 Å². The second-order valence-electron chi connectivity index (χ2n) is 8.12. The molecular formula is C23H26N4O3S. The van der Waals surface area contributed by atoms with Crippen molar-refractivity contribution in [1.82, 2.24) is 20.2 Å². The predicted molar refractivity (Wildman–Crippen MR) is 122 cm³/mol. The van der Waals surface area contributed by atoms with E-state index in [4.69, 9.17) is 0 Å². The number of urea groups is 1. The zero-order valence-corrected chi connectivity index (χ0v) is 18.6. The van der Waals surface area contributed by atoms with E-state index in [1.807, 2.05) is 24.4 Å². The number of hydrogen-bond donors (Lipinski definition) is 2. The van der Waals surface area contributed by atoms with Crippen molar-refractivity contribution in [3.8, 4) is 11.1 Å². The summed E-state index contributed by atoms with van der Waals surface area (Å²) in [5, 5.41) is 7.70. The summed E-state index contributed by atoms with van der Waals surface area (Å²) in [5.41, 5.74) is 4.01. The number of benzene rings is 1. The second-order valence-corrected chi connectivity index (χ2v) is 8.98. The predicted octanol–water partition coefficient (Wildman–Crippen LogP) is 3.90. The van der Waals surface area contributed by atoms with Crippen LogP contribution in [0.5, 0.6) is 0 Å². The fraction of sp³-hybridized carbons (Fsp3) is 0.391. The smallest absolute Gasteiger partial charge is 0.321 e. The number of carbonyl (C=O) groups excluding carboxylic acids is 2. The van der Waals surface area contributed by atoms with Crippen LogP contribution in [0.4, 0.5) is 4.79 Å². The number of imide groups is 1. The van der Waals surface area contributed by atoms with Crippen molar-refractivity contribution in [1.29, 1.82) is 0 Å². The molecule has 2 heterocycles. The van der Waals surface area contributed by atoms with Crippen LogP contribution in [0.2, 0.25) is 0 Å². The van der Waals surface area contributed by atoms with Crippen LogP contribution in [0.15, 0.2) is 34.7 Å². The standard InChI is InChI=1S/C23H26N4O3S/c1-14-7-8-16(11-15(14)2)18-12-31-21-20(18)22(29)27(13-24-21)10-9-19(28)26-23(30)25-17-5-3-4-6-17/h7-8,11-13,17H,3-6,9-10H2,1-2H3,(H2,25,26,28,30). The fourth-order valence-electron chi connectivity index (χ4n) is 3.95. The number of nitrogens with zero attached hydrogens (tertiary/aromatic N) is 2. The van der Waals surface area contributed by atoms with Crippen LogP contribution in [0.1, 0.15) is 43.2 Å². The number of fused-ring (bicyclic) bond motifs is 1. The number of rotatable bonds is 5. The average Bonchev–Trinajstić information content (AvgIpc) is 3.39. The van der Waals surface area contributed by atoms with E-state index in [9.17, 15) is 14.4 Å². The number of aromatic nitrogens is 2. The Bertz CT molecular complexity index is 1190. The van der Waals surface area contributed by atoms with Gasteiger partial charge in [-0.1, -0.05) is 31.0 Å². The van der Waals surface area contributed by atoms with Gasteiger partial charge in [-0.15, -0.1) is 11.3 Å². The van der Waals surface area contributed by atoms with Gasteiger partial charge in [-0.3, -0.25) is 19.5 Å². The van der Waals surface area contributed by atoms with Gasteiger partial charge in [-0.25, -0.2) is 9.78 Å². The van der Waals surface area contributed by atoms with Gasteiger partial charge in [0.1, 0.15) is 4.83 Å². The first kappa shape index (κ1) is 21.2. The lowest BCUT2D eigenvalue weighted by atomic mass is 10.0. The minimum absolute atomic E-state index is 0.0221. The molecule has 162 valence electrons. The summed E-state index contributed by atoms with van der Waals surface area (Å²) < 4.78 is 1.44. The lowest BCUT2D eigenvalue weighted by molar-refractivity contribution is -0.120. The lowest BCUT2D eigenvalue weighted by Crippen LogP contribution is -2.43. The first-order valence-electron chi connectivity index (χ1n) is 10.6. The van der Waals surface area contributed by atoms with Crippen LogP contribution in [0.3, 0.4) is 0 Å². The zero-order chi connectivity index (χ0) is 22.0. The topological polar surface area (TPSA) is 93.1 Å². The molecule has 1 aliphatic carbocycles. The first-order chi connectivity index (χ1) is 14.9. The maximum Gasteiger partial charge on any atom is 0.321 e. The normalized spacial score (nSPS) is 14.1. The molecule has 8 heteroatoms. The van der Waals surface area contributed by atoms with E-state index in [1.165, 1.54) is 27.8 Å². The van der Waals surface area contributed by atoms with Crippen molar-refractivity contribution in [3.63, 3.8) is 0 Å². The van der Waals surface area contributed by atoms with Crippen LogP contribution in [-0.4, -0.2) is 27.5 Å². The molecule has 3 amide bonds. The van der Waals surface area contributed by atoms with Gasteiger partial charge < -0.3 is 5.32 Å². The third kappa shape index (κ3) is 4.69. The Morgan fingerprint density at radius 2 is 1.97 bits per heavy atom. The molecule has 3 aromatic rings. The number of thiophene rings is 1. The average molecular weight is 439 g/mol. The highest BCUT2D eigenvalue weighted by Crippen LogP contribution is 2.31. The Kier molecular flexibility index (Phi) is 6.18. The third-order valence-corrected chi connectivity index (χ3v) is 6.79. The maximum atomic E-state index is 13.1. The highest BCUT2D eigenvalue weighted by Gasteiger charge is 2.19. The number of carbonyl (C=O) groups is 2. The molecule has 0 atom stereocenters. The van der Waals surface area contributed by atoms with E-state index < -0.39 is 11.9 Å². The third-order valence-electron chi connectivity index (χ3n) is 5.90. The Morgan fingerprint density at radius 1 is 1.19 bits per heavy atom. The SMILES string of the molecule is Cc1ccc(-c2csc3ncn(CCC(=O)NC(=O)NC4CCCC4)c(=O)c23)cc1C. The van der Waals surface area contributed by atoms with E-state index in [1.54, 1.807) is 0 Å². The van der Waals surface area contributed by atoms with Crippen LogP contribution in [-0.2, 0) is 11.3 Å². The van der Waals surface area contributed by atoms with Gasteiger partial charge in [-0.05, 0) is 43.4 Å². The molecule has 1 aliphatic rings. The Morgan fingerprint density at radius 3 is 2.71 bits per heavy atom. The largest absolute Gasteiger partial charge is 0.335 e. The van der Waals surface area contributed by atoms with E-state index in [-0.39, 0.29) is 24.6 Å². The Balaban J connectivity index is 1.47.